The Morgan fingerprint density at radius 3 is 2.42 bits per heavy atom. The molecule has 0 amide bonds. The van der Waals surface area contributed by atoms with E-state index in [2.05, 4.69) is 4.98 Å². The van der Waals surface area contributed by atoms with Gasteiger partial charge in [0.15, 0.2) is 11.6 Å². The van der Waals surface area contributed by atoms with Crippen molar-refractivity contribution in [2.24, 2.45) is 5.92 Å². The van der Waals surface area contributed by atoms with Crippen molar-refractivity contribution in [3.05, 3.63) is 17.3 Å². The first kappa shape index (κ1) is 13.9. The molecule has 0 bridgehead atoms. The molecular weight excluding hydrogens is 263 g/mol. The maximum absolute atomic E-state index is 12.6. The Labute approximate surface area is 107 Å². The summed E-state index contributed by atoms with van der Waals surface area (Å²) in [5.41, 5.74) is -1.44. The highest BCUT2D eigenvalue weighted by atomic mass is 19.4. The maximum atomic E-state index is 12.6. The molecule has 0 saturated heterocycles. The summed E-state index contributed by atoms with van der Waals surface area (Å²) in [5, 5.41) is 8.71. The Kier molecular flexibility index (Phi) is 3.82. The number of carbonyl (C=O) groups is 1. The highest BCUT2D eigenvalue weighted by molar-refractivity contribution is 5.85. The Balaban J connectivity index is 2.20. The van der Waals surface area contributed by atoms with Crippen LogP contribution in [0.2, 0.25) is 0 Å². The summed E-state index contributed by atoms with van der Waals surface area (Å²) in [6, 6.07) is 0. The van der Waals surface area contributed by atoms with Gasteiger partial charge < -0.3 is 9.52 Å². The number of halogens is 3. The van der Waals surface area contributed by atoms with E-state index in [0.29, 0.717) is 0 Å². The molecule has 0 aromatic carbocycles. The first-order valence-electron chi connectivity index (χ1n) is 6.18. The normalized spacial score (nSPS) is 17.6. The fraction of sp³-hybridized carbons (Fsp3) is 0.667. The van der Waals surface area contributed by atoms with E-state index in [1.807, 2.05) is 0 Å². The monoisotopic (exact) mass is 277 g/mol. The van der Waals surface area contributed by atoms with E-state index < -0.39 is 23.6 Å². The van der Waals surface area contributed by atoms with Crippen molar-refractivity contribution in [2.45, 2.75) is 44.7 Å². The summed E-state index contributed by atoms with van der Waals surface area (Å²) < 4.78 is 42.6. The van der Waals surface area contributed by atoms with Crippen LogP contribution in [0.4, 0.5) is 13.2 Å². The van der Waals surface area contributed by atoms with Gasteiger partial charge in [-0.15, -0.1) is 0 Å². The first-order chi connectivity index (χ1) is 8.88. The SMILES string of the molecule is O=C(O)c1oc(CC2CCCCC2)nc1C(F)(F)F. The van der Waals surface area contributed by atoms with Gasteiger partial charge in [0.05, 0.1) is 0 Å². The standard InChI is InChI=1S/C12H14F3NO3/c13-12(14,15)10-9(11(17)18)19-8(16-10)6-7-4-2-1-3-5-7/h7H,1-6H2,(H,17,18). The molecular formula is C12H14F3NO3. The molecule has 1 saturated carbocycles. The molecule has 1 N–H and O–H groups in total. The quantitative estimate of drug-likeness (QED) is 0.918. The van der Waals surface area contributed by atoms with Crippen molar-refractivity contribution in [2.75, 3.05) is 0 Å². The van der Waals surface area contributed by atoms with Crippen LogP contribution in [0.15, 0.2) is 4.42 Å². The fourth-order valence-corrected chi connectivity index (χ4v) is 2.43. The summed E-state index contributed by atoms with van der Waals surface area (Å²) >= 11 is 0. The van der Waals surface area contributed by atoms with Gasteiger partial charge in [0.25, 0.3) is 0 Å². The van der Waals surface area contributed by atoms with Crippen LogP contribution in [0.1, 0.15) is 54.2 Å². The van der Waals surface area contributed by atoms with E-state index in [9.17, 15) is 18.0 Å². The van der Waals surface area contributed by atoms with Gasteiger partial charge in [-0.05, 0) is 18.8 Å². The van der Waals surface area contributed by atoms with Gasteiger partial charge >= 0.3 is 12.1 Å². The van der Waals surface area contributed by atoms with Crippen LogP contribution in [-0.4, -0.2) is 16.1 Å². The van der Waals surface area contributed by atoms with Crippen molar-refractivity contribution in [3.8, 4) is 0 Å². The van der Waals surface area contributed by atoms with Crippen LogP contribution in [0.25, 0.3) is 0 Å². The second-order valence-electron chi connectivity index (χ2n) is 4.80. The second-order valence-corrected chi connectivity index (χ2v) is 4.80. The smallest absolute Gasteiger partial charge is 0.437 e. The van der Waals surface area contributed by atoms with Crippen LogP contribution >= 0.6 is 0 Å². The summed E-state index contributed by atoms with van der Waals surface area (Å²) in [6.45, 7) is 0. The number of carboxylic acid groups (broad SMARTS) is 1. The zero-order valence-corrected chi connectivity index (χ0v) is 10.2. The summed E-state index contributed by atoms with van der Waals surface area (Å²) in [5.74, 6) is -2.75. The van der Waals surface area contributed by atoms with Gasteiger partial charge in [0.1, 0.15) is 0 Å². The summed E-state index contributed by atoms with van der Waals surface area (Å²) in [6.07, 6.45) is 0.541. The van der Waals surface area contributed by atoms with E-state index in [-0.39, 0.29) is 18.2 Å². The molecule has 1 aliphatic carbocycles. The lowest BCUT2D eigenvalue weighted by molar-refractivity contribution is -0.141. The van der Waals surface area contributed by atoms with Gasteiger partial charge in [-0.25, -0.2) is 9.78 Å². The Morgan fingerprint density at radius 1 is 1.32 bits per heavy atom. The second kappa shape index (κ2) is 5.22. The van der Waals surface area contributed by atoms with Crippen LogP contribution in [0, 0.1) is 5.92 Å². The topological polar surface area (TPSA) is 63.3 Å². The number of hydrogen-bond donors (Lipinski definition) is 1. The van der Waals surface area contributed by atoms with Crippen LogP contribution in [0.5, 0.6) is 0 Å². The van der Waals surface area contributed by atoms with Crippen LogP contribution in [0.3, 0.4) is 0 Å². The third kappa shape index (κ3) is 3.27. The zero-order chi connectivity index (χ0) is 14.0. The summed E-state index contributed by atoms with van der Waals surface area (Å²) in [7, 11) is 0. The number of nitrogens with zero attached hydrogens (tertiary/aromatic N) is 1. The molecule has 19 heavy (non-hydrogen) atoms. The molecule has 1 aromatic heterocycles. The molecule has 1 aliphatic rings. The van der Waals surface area contributed by atoms with Gasteiger partial charge in [-0.1, -0.05) is 19.3 Å². The lowest BCUT2D eigenvalue weighted by atomic mass is 9.87. The molecule has 0 spiro atoms. The highest BCUT2D eigenvalue weighted by Crippen LogP contribution is 2.33. The lowest BCUT2D eigenvalue weighted by Crippen LogP contribution is -2.12. The molecule has 1 heterocycles. The van der Waals surface area contributed by atoms with Gasteiger partial charge in [-0.3, -0.25) is 0 Å². The van der Waals surface area contributed by atoms with Crippen molar-refractivity contribution >= 4 is 5.97 Å². The van der Waals surface area contributed by atoms with Crippen molar-refractivity contribution in [1.82, 2.24) is 4.98 Å². The van der Waals surface area contributed by atoms with Crippen LogP contribution in [-0.2, 0) is 12.6 Å². The van der Waals surface area contributed by atoms with Crippen molar-refractivity contribution < 1.29 is 27.5 Å². The number of aromatic nitrogens is 1. The third-order valence-corrected chi connectivity index (χ3v) is 3.32. The van der Waals surface area contributed by atoms with E-state index in [0.717, 1.165) is 32.1 Å². The third-order valence-electron chi connectivity index (χ3n) is 3.32. The molecule has 2 rings (SSSR count). The molecule has 0 unspecified atom stereocenters. The molecule has 0 atom stereocenters. The Morgan fingerprint density at radius 2 is 1.95 bits per heavy atom. The Hall–Kier alpha value is -1.53. The molecule has 1 aromatic rings. The maximum Gasteiger partial charge on any atom is 0.437 e. The molecule has 0 aliphatic heterocycles. The average molecular weight is 277 g/mol. The predicted molar refractivity (Wildman–Crippen MR) is 58.7 cm³/mol. The van der Waals surface area contributed by atoms with E-state index in [1.165, 1.54) is 0 Å². The number of aromatic carboxylic acids is 1. The minimum atomic E-state index is -4.80. The van der Waals surface area contributed by atoms with Crippen LogP contribution < -0.4 is 0 Å². The molecule has 4 nitrogen and oxygen atoms in total. The van der Waals surface area contributed by atoms with Crippen molar-refractivity contribution in [3.63, 3.8) is 0 Å². The number of carboxylic acids is 1. The minimum Gasteiger partial charge on any atom is -0.475 e. The molecule has 106 valence electrons. The summed E-state index contributed by atoms with van der Waals surface area (Å²) in [4.78, 5) is 14.1. The number of alkyl halides is 3. The number of oxazole rings is 1. The molecule has 1 fully saturated rings. The predicted octanol–water partition coefficient (Wildman–Crippen LogP) is 3.51. The zero-order valence-electron chi connectivity index (χ0n) is 10.2. The van der Waals surface area contributed by atoms with Gasteiger partial charge in [-0.2, -0.15) is 13.2 Å². The number of hydrogen-bond acceptors (Lipinski definition) is 3. The lowest BCUT2D eigenvalue weighted by Gasteiger charge is -2.19. The van der Waals surface area contributed by atoms with Gasteiger partial charge in [0, 0.05) is 6.42 Å². The van der Waals surface area contributed by atoms with E-state index >= 15 is 0 Å². The average Bonchev–Trinajstić information content (AvgIpc) is 2.74. The van der Waals surface area contributed by atoms with Gasteiger partial charge in [0.2, 0.25) is 5.76 Å². The fourth-order valence-electron chi connectivity index (χ4n) is 2.43. The number of rotatable bonds is 3. The Bertz CT molecular complexity index is 461. The molecule has 0 radical (unpaired) electrons. The first-order valence-corrected chi connectivity index (χ1v) is 6.18. The molecule has 7 heteroatoms. The van der Waals surface area contributed by atoms with Crippen molar-refractivity contribution in [1.29, 1.82) is 0 Å². The minimum absolute atomic E-state index is 0.128. The van der Waals surface area contributed by atoms with E-state index in [4.69, 9.17) is 9.52 Å². The van der Waals surface area contributed by atoms with E-state index in [1.54, 1.807) is 0 Å². The largest absolute Gasteiger partial charge is 0.475 e. The highest BCUT2D eigenvalue weighted by Gasteiger charge is 2.41.